The fourth-order valence-electron chi connectivity index (χ4n) is 2.62. The van der Waals surface area contributed by atoms with Gasteiger partial charge in [0.05, 0.1) is 5.60 Å². The molecule has 1 heterocycles. The van der Waals surface area contributed by atoms with Crippen LogP contribution in [0.2, 0.25) is 0 Å². The molecule has 0 aromatic rings. The van der Waals surface area contributed by atoms with Gasteiger partial charge in [-0.1, -0.05) is 19.3 Å². The second kappa shape index (κ2) is 6.66. The summed E-state index contributed by atoms with van der Waals surface area (Å²) in [6.07, 6.45) is 7.35. The number of hydrogen-bond donors (Lipinski definition) is 3. The van der Waals surface area contributed by atoms with Gasteiger partial charge in [-0.2, -0.15) is 11.8 Å². The van der Waals surface area contributed by atoms with Crippen LogP contribution in [0.4, 0.5) is 0 Å². The maximum absolute atomic E-state index is 10.3. The highest BCUT2D eigenvalue weighted by Crippen LogP contribution is 2.26. The summed E-state index contributed by atoms with van der Waals surface area (Å²) < 4.78 is 0. The van der Waals surface area contributed by atoms with Crippen LogP contribution in [0.1, 0.15) is 38.5 Å². The van der Waals surface area contributed by atoms with Gasteiger partial charge in [0.2, 0.25) is 0 Å². The molecule has 0 bridgehead atoms. The highest BCUT2D eigenvalue weighted by atomic mass is 32.2. The smallest absolute Gasteiger partial charge is 0.191 e. The number of nitrogens with one attached hydrogen (secondary N) is 2. The van der Waals surface area contributed by atoms with Gasteiger partial charge in [0.15, 0.2) is 5.96 Å². The van der Waals surface area contributed by atoms with Crippen molar-refractivity contribution >= 4 is 17.7 Å². The predicted octanol–water partition coefficient (Wildman–Crippen LogP) is 1.35. The molecule has 0 radical (unpaired) electrons. The molecule has 2 rings (SSSR count). The molecule has 1 saturated heterocycles. The number of hydrogen-bond acceptors (Lipinski definition) is 3. The summed E-state index contributed by atoms with van der Waals surface area (Å²) in [6, 6.07) is 0.553. The normalized spacial score (nSPS) is 30.4. The second-order valence-electron chi connectivity index (χ2n) is 5.43. The molecule has 18 heavy (non-hydrogen) atoms. The van der Waals surface area contributed by atoms with E-state index in [1.54, 1.807) is 7.05 Å². The van der Waals surface area contributed by atoms with Gasteiger partial charge in [0.25, 0.3) is 0 Å². The lowest BCUT2D eigenvalue weighted by Gasteiger charge is -2.27. The number of rotatable bonds is 3. The summed E-state index contributed by atoms with van der Waals surface area (Å²) in [5.74, 6) is 2.74. The van der Waals surface area contributed by atoms with Crippen LogP contribution in [0.5, 0.6) is 0 Å². The Morgan fingerprint density at radius 2 is 2.17 bits per heavy atom. The fourth-order valence-corrected chi connectivity index (χ4v) is 3.91. The highest BCUT2D eigenvalue weighted by molar-refractivity contribution is 7.99. The largest absolute Gasteiger partial charge is 0.387 e. The van der Waals surface area contributed by atoms with E-state index in [9.17, 15) is 5.11 Å². The van der Waals surface area contributed by atoms with Crippen molar-refractivity contribution in [2.24, 2.45) is 4.99 Å². The van der Waals surface area contributed by atoms with Crippen LogP contribution in [-0.2, 0) is 0 Å². The minimum absolute atomic E-state index is 0.547. The maximum Gasteiger partial charge on any atom is 0.191 e. The van der Waals surface area contributed by atoms with E-state index in [4.69, 9.17) is 0 Å². The molecule has 5 heteroatoms. The Bertz CT molecular complexity index is 284. The van der Waals surface area contributed by atoms with E-state index in [1.165, 1.54) is 32.1 Å². The molecule has 2 aliphatic rings. The van der Waals surface area contributed by atoms with Gasteiger partial charge < -0.3 is 15.7 Å². The summed E-state index contributed by atoms with van der Waals surface area (Å²) in [5, 5.41) is 17.0. The van der Waals surface area contributed by atoms with Gasteiger partial charge in [-0.3, -0.25) is 4.99 Å². The van der Waals surface area contributed by atoms with Gasteiger partial charge in [0.1, 0.15) is 0 Å². The topological polar surface area (TPSA) is 56.7 Å². The minimum Gasteiger partial charge on any atom is -0.387 e. The average Bonchev–Trinajstić information content (AvgIpc) is 2.83. The van der Waals surface area contributed by atoms with E-state index in [1.807, 2.05) is 11.8 Å². The molecule has 104 valence electrons. The van der Waals surface area contributed by atoms with Gasteiger partial charge in [-0.15, -0.1) is 0 Å². The molecule has 1 unspecified atom stereocenters. The average molecular weight is 271 g/mol. The SMILES string of the molecule is CN=C(NCC1(O)CCSC1)NC1CCCCC1. The Hall–Kier alpha value is -0.420. The molecule has 1 atom stereocenters. The lowest BCUT2D eigenvalue weighted by Crippen LogP contribution is -2.50. The molecular weight excluding hydrogens is 246 g/mol. The third-order valence-electron chi connectivity index (χ3n) is 3.84. The summed E-state index contributed by atoms with van der Waals surface area (Å²) in [5.41, 5.74) is -0.547. The first kappa shape index (κ1) is 14.0. The third-order valence-corrected chi connectivity index (χ3v) is 5.07. The third kappa shape index (κ3) is 4.05. The Morgan fingerprint density at radius 1 is 1.39 bits per heavy atom. The van der Waals surface area contributed by atoms with Crippen LogP contribution in [0.15, 0.2) is 4.99 Å². The van der Waals surface area contributed by atoms with Crippen LogP contribution in [-0.4, -0.2) is 47.8 Å². The molecular formula is C13H25N3OS. The number of thioether (sulfide) groups is 1. The summed E-state index contributed by atoms with van der Waals surface area (Å²) in [7, 11) is 1.80. The number of aliphatic hydroxyl groups is 1. The fraction of sp³-hybridized carbons (Fsp3) is 0.923. The van der Waals surface area contributed by atoms with Gasteiger partial charge >= 0.3 is 0 Å². The molecule has 0 aromatic carbocycles. The zero-order valence-corrected chi connectivity index (χ0v) is 12.1. The van der Waals surface area contributed by atoms with E-state index >= 15 is 0 Å². The first-order valence-corrected chi connectivity index (χ1v) is 8.15. The molecule has 1 aliphatic carbocycles. The van der Waals surface area contributed by atoms with Gasteiger partial charge in [-0.05, 0) is 25.0 Å². The summed E-state index contributed by atoms with van der Waals surface area (Å²) >= 11 is 1.83. The summed E-state index contributed by atoms with van der Waals surface area (Å²) in [4.78, 5) is 4.25. The van der Waals surface area contributed by atoms with Crippen molar-refractivity contribution in [3.63, 3.8) is 0 Å². The van der Waals surface area contributed by atoms with Crippen molar-refractivity contribution in [1.29, 1.82) is 0 Å². The van der Waals surface area contributed by atoms with Crippen molar-refractivity contribution in [2.45, 2.75) is 50.2 Å². The van der Waals surface area contributed by atoms with Crippen LogP contribution >= 0.6 is 11.8 Å². The number of guanidine groups is 1. The van der Waals surface area contributed by atoms with Gasteiger partial charge in [-0.25, -0.2) is 0 Å². The van der Waals surface area contributed by atoms with E-state index in [2.05, 4.69) is 15.6 Å². The molecule has 3 N–H and O–H groups in total. The predicted molar refractivity (Wildman–Crippen MR) is 78.3 cm³/mol. The minimum atomic E-state index is -0.547. The van der Waals surface area contributed by atoms with Crippen molar-refractivity contribution in [1.82, 2.24) is 10.6 Å². The molecule has 1 aliphatic heterocycles. The summed E-state index contributed by atoms with van der Waals surface area (Å²) in [6.45, 7) is 0.604. The maximum atomic E-state index is 10.3. The van der Waals surface area contributed by atoms with E-state index < -0.39 is 5.60 Å². The second-order valence-corrected chi connectivity index (χ2v) is 6.54. The lowest BCUT2D eigenvalue weighted by atomic mass is 9.96. The quantitative estimate of drug-likeness (QED) is 0.536. The van der Waals surface area contributed by atoms with Gasteiger partial charge in [0, 0.05) is 25.4 Å². The Labute approximate surface area is 114 Å². The molecule has 0 amide bonds. The van der Waals surface area contributed by atoms with Crippen LogP contribution < -0.4 is 10.6 Å². The van der Waals surface area contributed by atoms with Crippen LogP contribution in [0.3, 0.4) is 0 Å². The van der Waals surface area contributed by atoms with Crippen LogP contribution in [0, 0.1) is 0 Å². The zero-order valence-electron chi connectivity index (χ0n) is 11.2. The van der Waals surface area contributed by atoms with E-state index in [-0.39, 0.29) is 0 Å². The molecule has 1 saturated carbocycles. The van der Waals surface area contributed by atoms with Crippen molar-refractivity contribution < 1.29 is 5.11 Å². The van der Waals surface area contributed by atoms with Crippen molar-refractivity contribution in [3.05, 3.63) is 0 Å². The first-order chi connectivity index (χ1) is 8.72. The van der Waals surface area contributed by atoms with Crippen molar-refractivity contribution in [2.75, 3.05) is 25.1 Å². The molecule has 2 fully saturated rings. The Kier molecular flexibility index (Phi) is 5.18. The first-order valence-electron chi connectivity index (χ1n) is 6.99. The molecule has 4 nitrogen and oxygen atoms in total. The van der Waals surface area contributed by atoms with E-state index in [0.717, 1.165) is 23.9 Å². The number of nitrogens with zero attached hydrogens (tertiary/aromatic N) is 1. The molecule has 0 spiro atoms. The number of aliphatic imine (C=N–C) groups is 1. The zero-order chi connectivity index (χ0) is 12.8. The van der Waals surface area contributed by atoms with E-state index in [0.29, 0.717) is 12.6 Å². The Balaban J connectivity index is 1.75. The Morgan fingerprint density at radius 3 is 2.78 bits per heavy atom. The monoisotopic (exact) mass is 271 g/mol. The van der Waals surface area contributed by atoms with Crippen molar-refractivity contribution in [3.8, 4) is 0 Å². The highest BCUT2D eigenvalue weighted by Gasteiger charge is 2.31. The molecule has 0 aromatic heterocycles. The van der Waals surface area contributed by atoms with Crippen LogP contribution in [0.25, 0.3) is 0 Å². The lowest BCUT2D eigenvalue weighted by molar-refractivity contribution is 0.0723. The standard InChI is InChI=1S/C13H25N3OS/c1-14-12(16-11-5-3-2-4-6-11)15-9-13(17)7-8-18-10-13/h11,17H,2-10H2,1H3,(H2,14,15,16).